The third kappa shape index (κ3) is 7.36. The first-order chi connectivity index (χ1) is 19.1. The minimum Gasteiger partial charge on any atom is -0.395 e. The predicted molar refractivity (Wildman–Crippen MR) is 151 cm³/mol. The second-order valence-electron chi connectivity index (χ2n) is 10.9. The first kappa shape index (κ1) is 33.2. The third-order valence-corrected chi connectivity index (χ3v) is 10.1. The molecule has 0 spiro atoms. The quantitative estimate of drug-likeness (QED) is 0.0267. The molecule has 0 radical (unpaired) electrons. The van der Waals surface area contributed by atoms with Gasteiger partial charge in [0, 0.05) is 61.2 Å². The molecule has 40 heavy (non-hydrogen) atoms. The number of hydrogen-bond acceptors (Lipinski definition) is 14. The van der Waals surface area contributed by atoms with Crippen molar-refractivity contribution in [2.75, 3.05) is 53.0 Å². The van der Waals surface area contributed by atoms with Crippen LogP contribution in [-0.2, 0) is 4.79 Å². The summed E-state index contributed by atoms with van der Waals surface area (Å²) in [5.41, 5.74) is 2.59. The fourth-order valence-corrected chi connectivity index (χ4v) is 8.48. The average molecular weight is 593 g/mol. The van der Waals surface area contributed by atoms with E-state index in [0.29, 0.717) is 13.0 Å². The van der Waals surface area contributed by atoms with Gasteiger partial charge in [0.15, 0.2) is 6.29 Å². The van der Waals surface area contributed by atoms with E-state index in [1.54, 1.807) is 18.8 Å². The zero-order valence-corrected chi connectivity index (χ0v) is 24.3. The van der Waals surface area contributed by atoms with Crippen molar-refractivity contribution in [2.45, 2.75) is 73.5 Å². The lowest BCUT2D eigenvalue weighted by atomic mass is 9.73. The molecule has 232 valence electrons. The molecule has 0 saturated carbocycles. The molecule has 3 aliphatic heterocycles. The van der Waals surface area contributed by atoms with E-state index in [2.05, 4.69) is 28.1 Å². The first-order valence-corrected chi connectivity index (χ1v) is 14.8. The zero-order valence-electron chi connectivity index (χ0n) is 23.5. The normalized spacial score (nSPS) is 33.7. The van der Waals surface area contributed by atoms with Crippen molar-refractivity contribution < 1.29 is 35.4 Å². The number of hydrazone groups is 1. The first-order valence-electron chi connectivity index (χ1n) is 13.9. The molecule has 9 unspecified atom stereocenters. The molecule has 0 aromatic heterocycles. The Morgan fingerprint density at radius 3 is 2.50 bits per heavy atom. The Morgan fingerprint density at radius 1 is 1.25 bits per heavy atom. The van der Waals surface area contributed by atoms with Gasteiger partial charge in [-0.3, -0.25) is 20.0 Å². The minimum atomic E-state index is -1.61. The molecule has 0 bridgehead atoms. The Balaban J connectivity index is 1.66. The summed E-state index contributed by atoms with van der Waals surface area (Å²) in [5.74, 6) is 5.64. The number of carbonyl (C=O) groups excluding carboxylic acids is 1. The second kappa shape index (κ2) is 15.2. The van der Waals surface area contributed by atoms with Gasteiger partial charge in [0.25, 0.3) is 0 Å². The monoisotopic (exact) mass is 592 g/mol. The Hall–Kier alpha value is -1.31. The fraction of sp³-hybridized carbons (Fsp3) is 0.917. The van der Waals surface area contributed by atoms with Crippen molar-refractivity contribution in [3.05, 3.63) is 0 Å². The molecule has 3 saturated heterocycles. The number of rotatable bonds is 16. The predicted octanol–water partition coefficient (Wildman–Crippen LogP) is -4.74. The minimum absolute atomic E-state index is 0.0368. The maximum absolute atomic E-state index is 12.9. The van der Waals surface area contributed by atoms with Crippen molar-refractivity contribution in [1.82, 2.24) is 30.9 Å². The number of nitrogens with two attached hydrogens (primary N) is 1. The number of nitrogens with zero attached hydrogens (tertiary/aromatic N) is 4. The molecule has 0 aromatic rings. The van der Waals surface area contributed by atoms with Crippen LogP contribution in [-0.4, -0.2) is 164 Å². The molecule has 15 nitrogen and oxygen atoms in total. The number of hydrogen-bond donors (Lipinski definition) is 10. The molecule has 10 atom stereocenters. The standard InChI is InChI=1S/C24H48N8O7S/c1-13-20-19(14(2)29-18(36)10-31(25)12-28-26-3)17(11-35)32(20)21(24(38)39)22(13)40-15-8-16(27-9-15)23(37)30(4-6-33)5-7-34/h12-22,24,26-27,29,33-36,38-39H,4-11,25H2,1-3H3/b28-12-/t13?,14-,15?,16?,17?,18?,19?,20?,21?,22?/m1/s1. The maximum atomic E-state index is 12.9. The summed E-state index contributed by atoms with van der Waals surface area (Å²) in [6, 6.07) is -1.60. The van der Waals surface area contributed by atoms with Crippen LogP contribution in [0.3, 0.4) is 0 Å². The van der Waals surface area contributed by atoms with Crippen LogP contribution < -0.4 is 21.9 Å². The topological polar surface area (TPSA) is 223 Å². The number of fused-ring (bicyclic) bond motifs is 1. The van der Waals surface area contributed by atoms with E-state index < -0.39 is 24.6 Å². The van der Waals surface area contributed by atoms with Crippen molar-refractivity contribution in [3.8, 4) is 0 Å². The van der Waals surface area contributed by atoms with Gasteiger partial charge in [-0.1, -0.05) is 6.92 Å². The van der Waals surface area contributed by atoms with E-state index in [4.69, 9.17) is 5.84 Å². The number of aliphatic hydroxyl groups is 6. The molecule has 3 fully saturated rings. The van der Waals surface area contributed by atoms with Gasteiger partial charge in [-0.25, -0.2) is 5.84 Å². The molecular weight excluding hydrogens is 544 g/mol. The average Bonchev–Trinajstić information content (AvgIpc) is 3.44. The van der Waals surface area contributed by atoms with E-state index in [1.807, 2.05) is 11.8 Å². The van der Waals surface area contributed by atoms with Crippen LogP contribution in [0.15, 0.2) is 5.10 Å². The molecule has 16 heteroatoms. The molecule has 0 aliphatic carbocycles. The molecule has 3 aliphatic rings. The van der Waals surface area contributed by atoms with Gasteiger partial charge < -0.3 is 46.3 Å². The Kier molecular flexibility index (Phi) is 12.7. The largest absolute Gasteiger partial charge is 0.395 e. The molecule has 0 aromatic carbocycles. The third-order valence-electron chi connectivity index (χ3n) is 8.34. The smallest absolute Gasteiger partial charge is 0.239 e. The van der Waals surface area contributed by atoms with Crippen molar-refractivity contribution in [2.24, 2.45) is 22.8 Å². The van der Waals surface area contributed by atoms with Gasteiger partial charge in [0.1, 0.15) is 12.6 Å². The van der Waals surface area contributed by atoms with Crippen LogP contribution in [0, 0.1) is 11.8 Å². The highest BCUT2D eigenvalue weighted by molar-refractivity contribution is 8.00. The lowest BCUT2D eigenvalue weighted by molar-refractivity contribution is -0.163. The van der Waals surface area contributed by atoms with Gasteiger partial charge in [0.2, 0.25) is 5.91 Å². The summed E-state index contributed by atoms with van der Waals surface area (Å²) in [6.07, 6.45) is -0.656. The number of hydrazine groups is 1. The van der Waals surface area contributed by atoms with Crippen LogP contribution in [0.2, 0.25) is 0 Å². The number of carbonyl (C=O) groups is 1. The highest BCUT2D eigenvalue weighted by Gasteiger charge is 2.64. The van der Waals surface area contributed by atoms with E-state index in [9.17, 15) is 35.4 Å². The maximum Gasteiger partial charge on any atom is 0.239 e. The number of thioether (sulfide) groups is 1. The number of amides is 1. The zero-order chi connectivity index (χ0) is 29.6. The van der Waals surface area contributed by atoms with Gasteiger partial charge in [-0.05, 0) is 19.3 Å². The van der Waals surface area contributed by atoms with E-state index in [0.717, 1.165) is 0 Å². The van der Waals surface area contributed by atoms with Crippen LogP contribution >= 0.6 is 11.8 Å². The summed E-state index contributed by atoms with van der Waals surface area (Å²) in [6.45, 7) is 4.45. The van der Waals surface area contributed by atoms with Crippen molar-refractivity contribution in [3.63, 3.8) is 0 Å². The van der Waals surface area contributed by atoms with Crippen LogP contribution in [0.4, 0.5) is 0 Å². The van der Waals surface area contributed by atoms with E-state index in [1.165, 1.54) is 16.2 Å². The highest BCUT2D eigenvalue weighted by Crippen LogP contribution is 2.53. The Morgan fingerprint density at radius 2 is 1.93 bits per heavy atom. The van der Waals surface area contributed by atoms with Gasteiger partial charge in [-0.15, -0.1) is 0 Å². The summed E-state index contributed by atoms with van der Waals surface area (Å²) in [5, 5.41) is 71.6. The molecule has 1 amide bonds. The summed E-state index contributed by atoms with van der Waals surface area (Å²) in [4.78, 5) is 16.4. The van der Waals surface area contributed by atoms with Crippen molar-refractivity contribution >= 4 is 24.0 Å². The molecule has 3 heterocycles. The Labute approximate surface area is 239 Å². The number of aliphatic hydroxyl groups excluding tert-OH is 5. The Bertz CT molecular complexity index is 826. The highest BCUT2D eigenvalue weighted by atomic mass is 32.2. The number of nitrogens with one attached hydrogen (secondary N) is 3. The van der Waals surface area contributed by atoms with Crippen molar-refractivity contribution in [1.29, 1.82) is 0 Å². The van der Waals surface area contributed by atoms with E-state index >= 15 is 0 Å². The summed E-state index contributed by atoms with van der Waals surface area (Å²) < 4.78 is 0. The van der Waals surface area contributed by atoms with Gasteiger partial charge in [0.05, 0.1) is 38.4 Å². The second-order valence-corrected chi connectivity index (χ2v) is 12.3. The molecular formula is C24H48N8O7S. The molecule has 11 N–H and O–H groups in total. The molecule has 3 rings (SSSR count). The summed E-state index contributed by atoms with van der Waals surface area (Å²) >= 11 is 1.63. The van der Waals surface area contributed by atoms with Crippen LogP contribution in [0.1, 0.15) is 20.3 Å². The van der Waals surface area contributed by atoms with Crippen LogP contribution in [0.5, 0.6) is 0 Å². The van der Waals surface area contributed by atoms with Gasteiger partial charge in [-0.2, -0.15) is 16.9 Å². The lowest BCUT2D eigenvalue weighted by Crippen LogP contribution is -2.72. The van der Waals surface area contributed by atoms with E-state index in [-0.39, 0.29) is 85.8 Å². The fourth-order valence-electron chi connectivity index (χ4n) is 6.69. The SMILES string of the molecule is CN/N=C\N(N)CC(O)N[C@H](C)C1C(CO)N2C(C(O)O)C(SC3CNC(C(=O)N(CCO)CCO)C3)C(C)C12. The lowest BCUT2D eigenvalue weighted by Gasteiger charge is -2.57. The van der Waals surface area contributed by atoms with Gasteiger partial charge >= 0.3 is 0 Å². The summed E-state index contributed by atoms with van der Waals surface area (Å²) in [7, 11) is 1.64. The van der Waals surface area contributed by atoms with Crippen LogP contribution in [0.25, 0.3) is 0 Å².